The van der Waals surface area contributed by atoms with Crippen LogP contribution in [-0.4, -0.2) is 23.1 Å². The van der Waals surface area contributed by atoms with Crippen LogP contribution in [0.3, 0.4) is 0 Å². The summed E-state index contributed by atoms with van der Waals surface area (Å²) in [6.45, 7) is 1.68. The second kappa shape index (κ2) is 4.71. The van der Waals surface area contributed by atoms with Crippen LogP contribution in [0.2, 0.25) is 0 Å². The lowest BCUT2D eigenvalue weighted by molar-refractivity contribution is -0.330. The summed E-state index contributed by atoms with van der Waals surface area (Å²) in [5, 5.41) is 29.1. The number of aliphatic hydroxyl groups is 1. The van der Waals surface area contributed by atoms with Gasteiger partial charge in [0.05, 0.1) is 5.97 Å². The molecule has 2 unspecified atom stereocenters. The number of carbonyl (C=O) groups excluding carboxylic acids is 2. The van der Waals surface area contributed by atoms with E-state index in [1.807, 2.05) is 0 Å². The zero-order chi connectivity index (χ0) is 9.72. The molecule has 0 rings (SSSR count). The van der Waals surface area contributed by atoms with Crippen molar-refractivity contribution in [3.05, 3.63) is 0 Å². The van der Waals surface area contributed by atoms with Gasteiger partial charge >= 0.3 is 0 Å². The second-order valence-corrected chi connectivity index (χ2v) is 2.48. The van der Waals surface area contributed by atoms with Gasteiger partial charge in [0.1, 0.15) is 6.10 Å². The van der Waals surface area contributed by atoms with Crippen molar-refractivity contribution in [3.8, 4) is 0 Å². The molecule has 0 fully saturated rings. The lowest BCUT2D eigenvalue weighted by atomic mass is 9.97. The van der Waals surface area contributed by atoms with Gasteiger partial charge in [-0.25, -0.2) is 0 Å². The number of carboxylic acid groups (broad SMARTS) is 2. The van der Waals surface area contributed by atoms with E-state index in [0.29, 0.717) is 6.42 Å². The number of carboxylic acids is 2. The summed E-state index contributed by atoms with van der Waals surface area (Å²) in [4.78, 5) is 20.3. The molecule has 0 radical (unpaired) electrons. The zero-order valence-corrected chi connectivity index (χ0v) is 6.65. The van der Waals surface area contributed by atoms with E-state index in [-0.39, 0.29) is 6.42 Å². The van der Waals surface area contributed by atoms with Crippen LogP contribution in [0.1, 0.15) is 19.8 Å². The van der Waals surface area contributed by atoms with Gasteiger partial charge in [0.2, 0.25) is 0 Å². The van der Waals surface area contributed by atoms with E-state index in [9.17, 15) is 19.8 Å². The highest BCUT2D eigenvalue weighted by Gasteiger charge is 2.20. The van der Waals surface area contributed by atoms with Crippen molar-refractivity contribution in [1.29, 1.82) is 0 Å². The number of carbonyl (C=O) groups is 2. The Morgan fingerprint density at radius 1 is 1.33 bits per heavy atom. The summed E-state index contributed by atoms with van der Waals surface area (Å²) in [6.07, 6.45) is -1.45. The summed E-state index contributed by atoms with van der Waals surface area (Å²) in [7, 11) is 0. The number of rotatable bonds is 5. The fourth-order valence-electron chi connectivity index (χ4n) is 0.880. The van der Waals surface area contributed by atoms with Crippen molar-refractivity contribution in [2.75, 3.05) is 0 Å². The first-order valence-corrected chi connectivity index (χ1v) is 3.60. The van der Waals surface area contributed by atoms with Gasteiger partial charge in [0, 0.05) is 11.9 Å². The van der Waals surface area contributed by atoms with Crippen molar-refractivity contribution >= 4 is 11.9 Å². The molecule has 0 aliphatic rings. The maximum Gasteiger partial charge on any atom is 0.101 e. The summed E-state index contributed by atoms with van der Waals surface area (Å²) < 4.78 is 0. The van der Waals surface area contributed by atoms with Crippen LogP contribution in [-0.2, 0) is 9.59 Å². The van der Waals surface area contributed by atoms with E-state index in [2.05, 4.69) is 0 Å². The van der Waals surface area contributed by atoms with E-state index < -0.39 is 24.0 Å². The van der Waals surface area contributed by atoms with Crippen LogP contribution < -0.4 is 10.2 Å². The predicted molar refractivity (Wildman–Crippen MR) is 34.4 cm³/mol. The Morgan fingerprint density at radius 3 is 2.08 bits per heavy atom. The fraction of sp³-hybridized carbons (Fsp3) is 0.714. The SMILES string of the molecule is CCCC(C(=O)[O-])C(O)C(=O)[O-]. The van der Waals surface area contributed by atoms with Crippen molar-refractivity contribution < 1.29 is 24.9 Å². The van der Waals surface area contributed by atoms with Gasteiger partial charge in [-0.15, -0.1) is 0 Å². The van der Waals surface area contributed by atoms with E-state index >= 15 is 0 Å². The van der Waals surface area contributed by atoms with Crippen LogP contribution in [0.25, 0.3) is 0 Å². The van der Waals surface area contributed by atoms with E-state index in [4.69, 9.17) is 5.11 Å². The smallest absolute Gasteiger partial charge is 0.101 e. The third kappa shape index (κ3) is 2.87. The molecule has 0 heterocycles. The Kier molecular flexibility index (Phi) is 4.28. The Balaban J connectivity index is 4.28. The molecular formula is C7H10O5-2. The predicted octanol–water partition coefficient (Wildman–Crippen LogP) is -2.74. The van der Waals surface area contributed by atoms with Gasteiger partial charge in [-0.1, -0.05) is 13.3 Å². The fourth-order valence-corrected chi connectivity index (χ4v) is 0.880. The van der Waals surface area contributed by atoms with Gasteiger partial charge in [0.25, 0.3) is 0 Å². The van der Waals surface area contributed by atoms with Crippen LogP contribution >= 0.6 is 0 Å². The maximum absolute atomic E-state index is 10.3. The third-order valence-corrected chi connectivity index (χ3v) is 1.53. The Labute approximate surface area is 69.6 Å². The molecule has 12 heavy (non-hydrogen) atoms. The summed E-state index contributed by atoms with van der Waals surface area (Å²) in [6, 6.07) is 0. The standard InChI is InChI=1S/C7H12O5/c1-2-3-4(6(9)10)5(8)7(11)12/h4-5,8H,2-3H2,1H3,(H,9,10)(H,11,12)/p-2. The van der Waals surface area contributed by atoms with E-state index in [1.165, 1.54) is 0 Å². The summed E-state index contributed by atoms with van der Waals surface area (Å²) in [5.41, 5.74) is 0. The molecule has 70 valence electrons. The number of aliphatic carboxylic acids is 2. The first-order chi connectivity index (χ1) is 5.50. The van der Waals surface area contributed by atoms with Crippen molar-refractivity contribution in [3.63, 3.8) is 0 Å². The highest BCUT2D eigenvalue weighted by atomic mass is 16.4. The molecule has 0 aliphatic carbocycles. The minimum Gasteiger partial charge on any atom is -0.550 e. The largest absolute Gasteiger partial charge is 0.550 e. The first kappa shape index (κ1) is 10.9. The molecule has 5 heteroatoms. The number of hydrogen-bond donors (Lipinski definition) is 1. The molecule has 0 spiro atoms. The van der Waals surface area contributed by atoms with Crippen molar-refractivity contribution in [1.82, 2.24) is 0 Å². The van der Waals surface area contributed by atoms with Gasteiger partial charge in [-0.3, -0.25) is 0 Å². The summed E-state index contributed by atoms with van der Waals surface area (Å²) in [5.74, 6) is -4.72. The topological polar surface area (TPSA) is 100 Å². The van der Waals surface area contributed by atoms with Crippen molar-refractivity contribution in [2.24, 2.45) is 5.92 Å². The molecule has 0 aromatic rings. The molecular weight excluding hydrogens is 164 g/mol. The third-order valence-electron chi connectivity index (χ3n) is 1.53. The van der Waals surface area contributed by atoms with Crippen LogP contribution in [0, 0.1) is 5.92 Å². The lowest BCUT2D eigenvalue weighted by Crippen LogP contribution is -2.47. The van der Waals surface area contributed by atoms with Crippen molar-refractivity contribution in [2.45, 2.75) is 25.9 Å². The Morgan fingerprint density at radius 2 is 1.83 bits per heavy atom. The monoisotopic (exact) mass is 174 g/mol. The Hall–Kier alpha value is -1.10. The molecule has 0 bridgehead atoms. The highest BCUT2D eigenvalue weighted by molar-refractivity contribution is 5.79. The molecule has 0 amide bonds. The number of aliphatic hydroxyl groups excluding tert-OH is 1. The average Bonchev–Trinajstić information content (AvgIpc) is 1.98. The normalized spacial score (nSPS) is 15.2. The molecule has 0 aromatic carbocycles. The molecule has 0 aliphatic heterocycles. The average molecular weight is 174 g/mol. The van der Waals surface area contributed by atoms with E-state index in [0.717, 1.165) is 0 Å². The van der Waals surface area contributed by atoms with E-state index in [1.54, 1.807) is 6.92 Å². The van der Waals surface area contributed by atoms with Gasteiger partial charge in [0.15, 0.2) is 0 Å². The van der Waals surface area contributed by atoms with Gasteiger partial charge in [-0.2, -0.15) is 0 Å². The molecule has 0 saturated carbocycles. The minimum absolute atomic E-state index is 0.0669. The molecule has 5 nitrogen and oxygen atoms in total. The number of hydrogen-bond acceptors (Lipinski definition) is 5. The molecule has 2 atom stereocenters. The highest BCUT2D eigenvalue weighted by Crippen LogP contribution is 2.10. The maximum atomic E-state index is 10.3. The summed E-state index contributed by atoms with van der Waals surface area (Å²) >= 11 is 0. The van der Waals surface area contributed by atoms with Gasteiger partial charge in [-0.05, 0) is 6.42 Å². The molecule has 1 N–H and O–H groups in total. The minimum atomic E-state index is -1.98. The second-order valence-electron chi connectivity index (χ2n) is 2.48. The zero-order valence-electron chi connectivity index (χ0n) is 6.65. The first-order valence-electron chi connectivity index (χ1n) is 3.60. The quantitative estimate of drug-likeness (QED) is 0.487. The Bertz CT molecular complexity index is 177. The molecule has 0 saturated heterocycles. The van der Waals surface area contributed by atoms with Crippen LogP contribution in [0.4, 0.5) is 0 Å². The van der Waals surface area contributed by atoms with Gasteiger partial charge < -0.3 is 24.9 Å². The molecule has 0 aromatic heterocycles. The van der Waals surface area contributed by atoms with Crippen LogP contribution in [0.5, 0.6) is 0 Å². The van der Waals surface area contributed by atoms with Crippen LogP contribution in [0.15, 0.2) is 0 Å². The lowest BCUT2D eigenvalue weighted by Gasteiger charge is -2.23.